The number of hydrogen-bond donors (Lipinski definition) is 4. The summed E-state index contributed by atoms with van der Waals surface area (Å²) < 4.78 is 0. The highest BCUT2D eigenvalue weighted by atomic mass is 16.2. The van der Waals surface area contributed by atoms with Crippen LogP contribution in [0.5, 0.6) is 0 Å². The van der Waals surface area contributed by atoms with Gasteiger partial charge in [-0.25, -0.2) is 5.43 Å². The number of hydrogen-bond acceptors (Lipinski definition) is 6. The minimum atomic E-state index is -0.848. The molecule has 4 amide bonds. The third-order valence-electron chi connectivity index (χ3n) is 6.78. The highest BCUT2D eigenvalue weighted by molar-refractivity contribution is 5.97. The van der Waals surface area contributed by atoms with Crippen LogP contribution in [0.25, 0.3) is 16.8 Å². The zero-order valence-electron chi connectivity index (χ0n) is 21.6. The highest BCUT2D eigenvalue weighted by Crippen LogP contribution is 2.22. The monoisotopic (exact) mass is 506 g/mol. The smallest absolute Gasteiger partial charge is 0.258 e. The number of nitrogens with zero attached hydrogens (tertiary/aromatic N) is 2. The average Bonchev–Trinajstić information content (AvgIpc) is 2.88. The summed E-state index contributed by atoms with van der Waals surface area (Å²) in [5, 5.41) is 11.7. The molecule has 10 nitrogen and oxygen atoms in total. The molecule has 0 spiro atoms. The molecule has 0 aliphatic carbocycles. The van der Waals surface area contributed by atoms with E-state index in [0.717, 1.165) is 16.3 Å². The lowest BCUT2D eigenvalue weighted by atomic mass is 10.0. The maximum atomic E-state index is 13.1. The van der Waals surface area contributed by atoms with Crippen molar-refractivity contribution in [3.63, 3.8) is 0 Å². The van der Waals surface area contributed by atoms with Crippen LogP contribution in [-0.4, -0.2) is 58.3 Å². The van der Waals surface area contributed by atoms with Gasteiger partial charge in [0.25, 0.3) is 5.91 Å². The topological polar surface area (TPSA) is 133 Å². The number of benzene rings is 1. The van der Waals surface area contributed by atoms with Gasteiger partial charge >= 0.3 is 0 Å². The van der Waals surface area contributed by atoms with Gasteiger partial charge in [-0.3, -0.25) is 29.2 Å². The number of rotatable bonds is 1. The molecule has 10 heteroatoms. The lowest BCUT2D eigenvalue weighted by Crippen LogP contribution is -2.61. The van der Waals surface area contributed by atoms with E-state index in [2.05, 4.69) is 26.4 Å². The molecule has 1 aromatic heterocycles. The van der Waals surface area contributed by atoms with Gasteiger partial charge < -0.3 is 16.0 Å². The predicted octanol–water partition coefficient (Wildman–Crippen LogP) is 1.58. The number of fused-ring (bicyclic) bond motifs is 4. The SMILES string of the molecule is CC1NC(=O)[C@H](C(C)C)NC(=O)/C=C\c2cc3cc(ccc3cn2)[C@@H](C)NC(=O)[C@@H]2CCCN(N2)C1=O. The Bertz CT molecular complexity index is 1240. The third-order valence-corrected chi connectivity index (χ3v) is 6.78. The summed E-state index contributed by atoms with van der Waals surface area (Å²) in [4.78, 5) is 56.2. The average molecular weight is 507 g/mol. The van der Waals surface area contributed by atoms with E-state index >= 15 is 0 Å². The molecule has 5 bridgehead atoms. The van der Waals surface area contributed by atoms with Crippen LogP contribution >= 0.6 is 0 Å². The van der Waals surface area contributed by atoms with Crippen molar-refractivity contribution in [1.29, 1.82) is 0 Å². The van der Waals surface area contributed by atoms with Gasteiger partial charge in [0, 0.05) is 24.2 Å². The summed E-state index contributed by atoms with van der Waals surface area (Å²) >= 11 is 0. The van der Waals surface area contributed by atoms with Crippen molar-refractivity contribution in [2.45, 2.75) is 64.7 Å². The van der Waals surface area contributed by atoms with E-state index in [-0.39, 0.29) is 23.8 Å². The maximum Gasteiger partial charge on any atom is 0.258 e. The van der Waals surface area contributed by atoms with Gasteiger partial charge in [0.15, 0.2) is 0 Å². The first-order valence-corrected chi connectivity index (χ1v) is 12.7. The van der Waals surface area contributed by atoms with E-state index in [0.29, 0.717) is 25.1 Å². The van der Waals surface area contributed by atoms with Gasteiger partial charge in [-0.2, -0.15) is 0 Å². The number of pyridine rings is 1. The molecule has 1 aromatic carbocycles. The lowest BCUT2D eigenvalue weighted by molar-refractivity contribution is -0.143. The molecule has 2 aliphatic rings. The third kappa shape index (κ3) is 6.14. The second-order valence-corrected chi connectivity index (χ2v) is 10.1. The van der Waals surface area contributed by atoms with E-state index in [1.54, 1.807) is 19.2 Å². The maximum absolute atomic E-state index is 13.1. The van der Waals surface area contributed by atoms with Crippen molar-refractivity contribution in [3.05, 3.63) is 47.8 Å². The molecule has 4 N–H and O–H groups in total. The highest BCUT2D eigenvalue weighted by Gasteiger charge is 2.33. The Labute approximate surface area is 216 Å². The van der Waals surface area contributed by atoms with Crippen LogP contribution in [0.2, 0.25) is 0 Å². The van der Waals surface area contributed by atoms with Crippen LogP contribution in [0, 0.1) is 5.92 Å². The zero-order valence-corrected chi connectivity index (χ0v) is 21.6. The number of amides is 4. The fraction of sp³-hybridized carbons (Fsp3) is 0.444. The largest absolute Gasteiger partial charge is 0.348 e. The Balaban J connectivity index is 1.68. The summed E-state index contributed by atoms with van der Waals surface area (Å²) in [7, 11) is 0. The number of carbonyl (C=O) groups excluding carboxylic acids is 4. The van der Waals surface area contributed by atoms with Crippen molar-refractivity contribution < 1.29 is 19.2 Å². The van der Waals surface area contributed by atoms with Crippen LogP contribution in [0.1, 0.15) is 57.8 Å². The normalized spacial score (nSPS) is 26.7. The van der Waals surface area contributed by atoms with Crippen LogP contribution < -0.4 is 21.4 Å². The number of nitrogens with one attached hydrogen (secondary N) is 4. The molecule has 1 fully saturated rings. The Morgan fingerprint density at radius 1 is 0.919 bits per heavy atom. The van der Waals surface area contributed by atoms with Crippen LogP contribution in [-0.2, 0) is 19.2 Å². The Kier molecular flexibility index (Phi) is 7.87. The van der Waals surface area contributed by atoms with Gasteiger partial charge in [-0.15, -0.1) is 0 Å². The minimum absolute atomic E-state index is 0.197. The molecule has 4 atom stereocenters. The van der Waals surface area contributed by atoms with E-state index in [9.17, 15) is 19.2 Å². The summed E-state index contributed by atoms with van der Waals surface area (Å²) in [5.41, 5.74) is 4.54. The fourth-order valence-corrected chi connectivity index (χ4v) is 4.56. The first-order chi connectivity index (χ1) is 17.6. The van der Waals surface area contributed by atoms with Gasteiger partial charge in [0.1, 0.15) is 18.1 Å². The first kappa shape index (κ1) is 26.3. The van der Waals surface area contributed by atoms with Crippen LogP contribution in [0.15, 0.2) is 36.5 Å². The molecule has 0 saturated carbocycles. The van der Waals surface area contributed by atoms with E-state index in [1.165, 1.54) is 11.1 Å². The van der Waals surface area contributed by atoms with E-state index in [1.807, 2.05) is 45.0 Å². The quantitative estimate of drug-likeness (QED) is 0.464. The van der Waals surface area contributed by atoms with Gasteiger partial charge in [-0.1, -0.05) is 26.0 Å². The second-order valence-electron chi connectivity index (χ2n) is 10.1. The molecule has 37 heavy (non-hydrogen) atoms. The van der Waals surface area contributed by atoms with Gasteiger partial charge in [0.2, 0.25) is 17.7 Å². The van der Waals surface area contributed by atoms with Crippen molar-refractivity contribution >= 4 is 40.5 Å². The molecular formula is C27H34N6O4. The molecule has 2 aliphatic heterocycles. The Hall–Kier alpha value is -3.79. The fourth-order valence-electron chi connectivity index (χ4n) is 4.56. The summed E-state index contributed by atoms with van der Waals surface area (Å²) in [6.45, 7) is 7.56. The van der Waals surface area contributed by atoms with Crippen molar-refractivity contribution in [1.82, 2.24) is 31.4 Å². The second kappa shape index (κ2) is 11.1. The van der Waals surface area contributed by atoms with Crippen molar-refractivity contribution in [3.8, 4) is 0 Å². The van der Waals surface area contributed by atoms with Gasteiger partial charge in [0.05, 0.1) is 11.7 Å². The van der Waals surface area contributed by atoms with Crippen LogP contribution in [0.4, 0.5) is 0 Å². The van der Waals surface area contributed by atoms with E-state index in [4.69, 9.17) is 0 Å². The van der Waals surface area contributed by atoms with Crippen LogP contribution in [0.3, 0.4) is 0 Å². The Morgan fingerprint density at radius 3 is 2.43 bits per heavy atom. The Morgan fingerprint density at radius 2 is 1.68 bits per heavy atom. The standard InChI is InChI=1S/C27H34N6O4/c1-15(2)24-26(36)30-17(4)27(37)33-11-5-6-22(32-33)25(35)29-16(3)18-7-8-19-14-28-21(13-20(19)12-18)9-10-23(34)31-24/h7-10,12-17,22,24,32H,5-6,11H2,1-4H3,(H,29,35)(H,30,36)(H,31,34)/b10-9-/t16-,17?,22+,24+/m1/s1. The summed E-state index contributed by atoms with van der Waals surface area (Å²) in [6, 6.07) is 5.23. The van der Waals surface area contributed by atoms with Crippen molar-refractivity contribution in [2.75, 3.05) is 6.54 Å². The summed E-state index contributed by atoms with van der Waals surface area (Å²) in [6.07, 6.45) is 5.90. The molecule has 3 heterocycles. The molecule has 1 unspecified atom stereocenters. The molecule has 2 aromatic rings. The molecular weight excluding hydrogens is 472 g/mol. The van der Waals surface area contributed by atoms with Gasteiger partial charge in [-0.05, 0) is 61.8 Å². The molecule has 0 radical (unpaired) electrons. The van der Waals surface area contributed by atoms with Crippen molar-refractivity contribution in [2.24, 2.45) is 5.92 Å². The first-order valence-electron chi connectivity index (χ1n) is 12.7. The van der Waals surface area contributed by atoms with E-state index < -0.39 is 29.9 Å². The number of hydrazine groups is 1. The number of aromatic nitrogens is 1. The predicted molar refractivity (Wildman–Crippen MR) is 140 cm³/mol. The zero-order chi connectivity index (χ0) is 26.7. The minimum Gasteiger partial charge on any atom is -0.348 e. The number of carbonyl (C=O) groups is 4. The molecule has 196 valence electrons. The summed E-state index contributed by atoms with van der Waals surface area (Å²) in [5.74, 6) is -1.65. The molecule has 1 saturated heterocycles. The lowest BCUT2D eigenvalue weighted by Gasteiger charge is -2.35. The molecule has 4 rings (SSSR count).